The molecule has 0 bridgehead atoms. The van der Waals surface area contributed by atoms with Crippen molar-refractivity contribution < 1.29 is 72.6 Å². The largest absolute Gasteiger partial charge is 0.497 e. The van der Waals surface area contributed by atoms with Crippen LogP contribution >= 0.6 is 11.6 Å². The molecule has 2 aromatic rings. The Labute approximate surface area is 321 Å². The third-order valence-corrected chi connectivity index (χ3v) is 10.5. The maximum Gasteiger partial charge on any atom is 0.405 e. The van der Waals surface area contributed by atoms with Crippen LogP contribution in [0.1, 0.15) is 38.3 Å². The first-order valence-corrected chi connectivity index (χ1v) is 18.5. The number of nitrogens with one attached hydrogen (secondary N) is 3. The third kappa shape index (κ3) is 12.2. The monoisotopic (exact) mass is 846 g/mol. The predicted molar refractivity (Wildman–Crippen MR) is 185 cm³/mol. The van der Waals surface area contributed by atoms with Crippen LogP contribution in [0, 0.1) is 0 Å². The van der Waals surface area contributed by atoms with Gasteiger partial charge in [0, 0.05) is 17.1 Å². The zero-order chi connectivity index (χ0) is 42.4. The number of benzene rings is 2. The summed E-state index contributed by atoms with van der Waals surface area (Å²) in [5.74, 6) is -19.4. The number of amides is 4. The van der Waals surface area contributed by atoms with E-state index in [4.69, 9.17) is 21.1 Å². The summed E-state index contributed by atoms with van der Waals surface area (Å²) in [4.78, 5) is 65.1. The number of sulfone groups is 1. The lowest BCUT2D eigenvalue weighted by molar-refractivity contribution is -0.163. The molecular weight excluding hydrogens is 809 g/mol. The van der Waals surface area contributed by atoms with Crippen LogP contribution in [0.25, 0.3) is 0 Å². The molecule has 310 valence electrons. The average molecular weight is 847 g/mol. The van der Waals surface area contributed by atoms with E-state index in [2.05, 4.69) is 0 Å². The molecule has 3 atom stereocenters. The van der Waals surface area contributed by atoms with Crippen molar-refractivity contribution >= 4 is 50.9 Å². The van der Waals surface area contributed by atoms with Crippen LogP contribution in [0.2, 0.25) is 5.02 Å². The van der Waals surface area contributed by atoms with Crippen LogP contribution in [0.15, 0.2) is 48.5 Å². The summed E-state index contributed by atoms with van der Waals surface area (Å²) >= 11 is 5.81. The van der Waals surface area contributed by atoms with Gasteiger partial charge in [0.25, 0.3) is 11.8 Å². The van der Waals surface area contributed by atoms with E-state index in [0.29, 0.717) is 10.6 Å². The molecule has 4 amide bonds. The lowest BCUT2D eigenvalue weighted by Crippen LogP contribution is -2.58. The quantitative estimate of drug-likeness (QED) is 0.169. The highest BCUT2D eigenvalue weighted by Crippen LogP contribution is 2.32. The normalized spacial score (nSPS) is 17.2. The fourth-order valence-corrected chi connectivity index (χ4v) is 7.15. The number of carbonyl (C=O) groups excluding carboxylic acids is 5. The summed E-state index contributed by atoms with van der Waals surface area (Å²) in [7, 11) is -2.92. The molecular formula is C34H38ClF7N4O9S. The predicted octanol–water partition coefficient (Wildman–Crippen LogP) is 3.32. The summed E-state index contributed by atoms with van der Waals surface area (Å²) in [5.41, 5.74) is -1.66. The number of ether oxygens (including phenoxy) is 2. The van der Waals surface area contributed by atoms with E-state index in [-0.39, 0.29) is 10.6 Å². The molecule has 22 heteroatoms. The third-order valence-electron chi connectivity index (χ3n) is 8.15. The van der Waals surface area contributed by atoms with E-state index in [0.717, 1.165) is 23.5 Å². The van der Waals surface area contributed by atoms with Crippen LogP contribution < -0.4 is 20.7 Å². The molecule has 2 aromatic carbocycles. The number of likely N-dealkylation sites (tertiary alicyclic amines) is 1. The number of rotatable bonds is 16. The fourth-order valence-electron chi connectivity index (χ4n) is 5.21. The molecule has 1 heterocycles. The zero-order valence-electron chi connectivity index (χ0n) is 30.1. The van der Waals surface area contributed by atoms with Gasteiger partial charge >= 0.3 is 18.0 Å². The molecule has 0 radical (unpaired) electrons. The van der Waals surface area contributed by atoms with Crippen LogP contribution in [-0.2, 0) is 50.2 Å². The second kappa shape index (κ2) is 17.7. The van der Waals surface area contributed by atoms with Crippen molar-refractivity contribution in [2.24, 2.45) is 0 Å². The lowest BCUT2D eigenvalue weighted by Gasteiger charge is -2.31. The molecule has 0 saturated carbocycles. The maximum atomic E-state index is 15.4. The number of methoxy groups -OCH3 is 1. The Morgan fingerprint density at radius 1 is 0.929 bits per heavy atom. The second-order valence-corrected chi connectivity index (χ2v) is 16.3. The first-order chi connectivity index (χ1) is 25.7. The minimum absolute atomic E-state index is 0.148. The molecule has 1 aliphatic heterocycles. The van der Waals surface area contributed by atoms with E-state index in [1.54, 1.807) is 5.32 Å². The van der Waals surface area contributed by atoms with Gasteiger partial charge in [-0.1, -0.05) is 35.9 Å². The molecule has 0 spiro atoms. The second-order valence-electron chi connectivity index (χ2n) is 13.6. The standard InChI is InChI=1S/C34H38ClF7N4O9S/c1-31(2,3)55-16-24(45-30(51)33(39,40)20-6-5-7-21(35)12-20)28(49)46-15-23(56(52,53)17-19-8-10-22(54-4)11-9-19)13-25(46)27(48)43-14-26(47)34(41,42)29(50)44-18-32(36,37)38/h5-12,23-25H,13-18H2,1-4H3,(H,43,48)(H,44,50)(H,45,51)/t23-,24+,25+/m1/s1. The van der Waals surface area contributed by atoms with E-state index in [1.807, 2.05) is 5.32 Å². The highest BCUT2D eigenvalue weighted by atomic mass is 35.5. The molecule has 0 aliphatic carbocycles. The van der Waals surface area contributed by atoms with Crippen molar-refractivity contribution in [1.82, 2.24) is 20.9 Å². The van der Waals surface area contributed by atoms with Gasteiger partial charge in [-0.15, -0.1) is 0 Å². The highest BCUT2D eigenvalue weighted by Gasteiger charge is 2.51. The first-order valence-electron chi connectivity index (χ1n) is 16.5. The Hall–Kier alpha value is -4.50. The summed E-state index contributed by atoms with van der Waals surface area (Å²) in [6, 6.07) is 5.92. The van der Waals surface area contributed by atoms with E-state index in [9.17, 15) is 54.3 Å². The van der Waals surface area contributed by atoms with Crippen LogP contribution in [0.4, 0.5) is 30.7 Å². The Morgan fingerprint density at radius 3 is 2.11 bits per heavy atom. The topological polar surface area (TPSA) is 177 Å². The Morgan fingerprint density at radius 2 is 1.55 bits per heavy atom. The summed E-state index contributed by atoms with van der Waals surface area (Å²) in [5, 5.41) is 2.75. The van der Waals surface area contributed by atoms with Crippen LogP contribution in [0.5, 0.6) is 5.75 Å². The van der Waals surface area contributed by atoms with Gasteiger partial charge in [0.15, 0.2) is 9.84 Å². The van der Waals surface area contributed by atoms with Gasteiger partial charge < -0.3 is 30.3 Å². The van der Waals surface area contributed by atoms with E-state index >= 15 is 8.78 Å². The number of carbonyl (C=O) groups is 5. The Kier molecular flexibility index (Phi) is 14.5. The van der Waals surface area contributed by atoms with E-state index in [1.165, 1.54) is 58.2 Å². The van der Waals surface area contributed by atoms with Gasteiger partial charge in [-0.05, 0) is 57.0 Å². The zero-order valence-corrected chi connectivity index (χ0v) is 31.7. The van der Waals surface area contributed by atoms with Gasteiger partial charge in [-0.2, -0.15) is 30.7 Å². The van der Waals surface area contributed by atoms with Crippen LogP contribution in [-0.4, -0.2) is 111 Å². The van der Waals surface area contributed by atoms with Gasteiger partial charge in [-0.25, -0.2) is 8.42 Å². The molecule has 3 N–H and O–H groups in total. The minimum Gasteiger partial charge on any atom is -0.497 e. The van der Waals surface area contributed by atoms with Crippen molar-refractivity contribution in [2.45, 2.75) is 73.9 Å². The fraction of sp³-hybridized carbons (Fsp3) is 0.500. The summed E-state index contributed by atoms with van der Waals surface area (Å²) in [6.45, 7) is -0.930. The number of Topliss-reactive ketones (excluding diaryl/α,β-unsaturated/α-hetero) is 1. The molecule has 1 saturated heterocycles. The molecule has 56 heavy (non-hydrogen) atoms. The van der Waals surface area contributed by atoms with Gasteiger partial charge in [0.05, 0.1) is 36.9 Å². The number of nitrogens with zero attached hydrogens (tertiary/aromatic N) is 1. The molecule has 0 aromatic heterocycles. The minimum atomic E-state index is -5.11. The van der Waals surface area contributed by atoms with Gasteiger partial charge in [0.1, 0.15) is 24.4 Å². The SMILES string of the molecule is COc1ccc(CS(=O)(=O)[C@@H]2C[C@@H](C(=O)NCC(=O)C(F)(F)C(=O)NCC(F)(F)F)N(C(=O)[C@H](COC(C)(C)C)NC(=O)C(F)(F)c3cccc(Cl)c3)C2)cc1. The summed E-state index contributed by atoms with van der Waals surface area (Å²) in [6.07, 6.45) is -5.83. The number of hydrogen-bond acceptors (Lipinski definition) is 9. The van der Waals surface area contributed by atoms with Crippen molar-refractivity contribution in [3.05, 3.63) is 64.7 Å². The number of alkyl halides is 7. The highest BCUT2D eigenvalue weighted by molar-refractivity contribution is 7.91. The lowest BCUT2D eigenvalue weighted by atomic mass is 10.1. The van der Waals surface area contributed by atoms with Crippen molar-refractivity contribution in [1.29, 1.82) is 0 Å². The van der Waals surface area contributed by atoms with Crippen molar-refractivity contribution in [2.75, 3.05) is 33.4 Å². The number of halogens is 8. The Bertz CT molecular complexity index is 1890. The maximum absolute atomic E-state index is 15.4. The molecule has 13 nitrogen and oxygen atoms in total. The Balaban J connectivity index is 1.95. The smallest absolute Gasteiger partial charge is 0.405 e. The van der Waals surface area contributed by atoms with Crippen LogP contribution in [0.3, 0.4) is 0 Å². The van der Waals surface area contributed by atoms with Gasteiger partial charge in [-0.3, -0.25) is 24.0 Å². The summed E-state index contributed by atoms with van der Waals surface area (Å²) < 4.78 is 135. The van der Waals surface area contributed by atoms with Gasteiger partial charge in [0.2, 0.25) is 17.6 Å². The average Bonchev–Trinajstić information content (AvgIpc) is 3.57. The van der Waals surface area contributed by atoms with Crippen molar-refractivity contribution in [3.8, 4) is 5.75 Å². The molecule has 1 aliphatic rings. The van der Waals surface area contributed by atoms with Crippen molar-refractivity contribution in [3.63, 3.8) is 0 Å². The number of ketones is 1. The molecule has 1 fully saturated rings. The van der Waals surface area contributed by atoms with E-state index < -0.39 is 124 Å². The first kappa shape index (κ1) is 45.9. The molecule has 3 rings (SSSR count). The number of hydrogen-bond donors (Lipinski definition) is 3. The molecule has 0 unspecified atom stereocenters.